The van der Waals surface area contributed by atoms with E-state index in [-0.39, 0.29) is 57.0 Å². The minimum Gasteiger partial charge on any atom is -1.00 e. The molecule has 0 saturated carbocycles. The molecule has 0 aliphatic carbocycles. The molecule has 0 atom stereocenters. The Morgan fingerprint density at radius 2 is 1.46 bits per heavy atom. The van der Waals surface area contributed by atoms with Gasteiger partial charge in [0, 0.05) is 0 Å². The van der Waals surface area contributed by atoms with Gasteiger partial charge in [0.2, 0.25) is 0 Å². The second-order valence-corrected chi connectivity index (χ2v) is 3.08. The molecule has 1 aromatic carbocycles. The molecule has 0 aliphatic rings. The Kier molecular flexibility index (Phi) is 16.5. The topological polar surface area (TPSA) is 0 Å². The third-order valence-corrected chi connectivity index (χ3v) is 1.49. The summed E-state index contributed by atoms with van der Waals surface area (Å²) < 4.78 is 0. The summed E-state index contributed by atoms with van der Waals surface area (Å²) in [7, 11) is 0. The van der Waals surface area contributed by atoms with Crippen LogP contribution >= 0.6 is 0 Å². The number of halogens is 2. The van der Waals surface area contributed by atoms with Crippen molar-refractivity contribution in [2.24, 2.45) is 5.92 Å². The van der Waals surface area contributed by atoms with Gasteiger partial charge in [-0.2, -0.15) is 0 Å². The fourth-order valence-corrected chi connectivity index (χ4v) is 1.09. The van der Waals surface area contributed by atoms with E-state index < -0.39 is 0 Å². The molecule has 0 fully saturated rings. The first-order valence-corrected chi connectivity index (χ1v) is 3.83. The van der Waals surface area contributed by atoms with Gasteiger partial charge in [-0.05, 0) is 17.9 Å². The SMILES string of the molecule is CC(C)Cc1ccccc1.[Br-].[Br-].[Mg+2]. The summed E-state index contributed by atoms with van der Waals surface area (Å²) in [5, 5.41) is 0. The zero-order chi connectivity index (χ0) is 7.40. The Hall–Kier alpha value is 0.946. The van der Waals surface area contributed by atoms with Crippen molar-refractivity contribution >= 4 is 23.1 Å². The average Bonchev–Trinajstić information content (AvgIpc) is 1.88. The van der Waals surface area contributed by atoms with E-state index in [1.54, 1.807) is 0 Å². The van der Waals surface area contributed by atoms with Crippen molar-refractivity contribution in [3.05, 3.63) is 35.9 Å². The van der Waals surface area contributed by atoms with Gasteiger partial charge in [-0.1, -0.05) is 44.2 Å². The van der Waals surface area contributed by atoms with Gasteiger partial charge in [-0.15, -0.1) is 0 Å². The number of rotatable bonds is 2. The summed E-state index contributed by atoms with van der Waals surface area (Å²) in [6, 6.07) is 10.6. The smallest absolute Gasteiger partial charge is 1.00 e. The summed E-state index contributed by atoms with van der Waals surface area (Å²) in [6.45, 7) is 4.49. The maximum Gasteiger partial charge on any atom is 2.00 e. The van der Waals surface area contributed by atoms with E-state index in [0.29, 0.717) is 0 Å². The van der Waals surface area contributed by atoms with Crippen LogP contribution in [0.1, 0.15) is 19.4 Å². The minimum absolute atomic E-state index is 0. The van der Waals surface area contributed by atoms with Crippen LogP contribution < -0.4 is 34.0 Å². The molecule has 1 aromatic rings. The van der Waals surface area contributed by atoms with Crippen molar-refractivity contribution in [1.82, 2.24) is 0 Å². The standard InChI is InChI=1S/C10H14.2BrH.Mg/c1-9(2)8-10-6-4-3-5-7-10;;;/h3-7,9H,8H2,1-2H3;2*1H;/q;;;+2/p-2. The van der Waals surface area contributed by atoms with Gasteiger partial charge < -0.3 is 34.0 Å². The van der Waals surface area contributed by atoms with E-state index in [0.717, 1.165) is 5.92 Å². The van der Waals surface area contributed by atoms with Crippen LogP contribution in [0.4, 0.5) is 0 Å². The van der Waals surface area contributed by atoms with Gasteiger partial charge in [-0.25, -0.2) is 0 Å². The van der Waals surface area contributed by atoms with Crippen molar-refractivity contribution in [3.8, 4) is 0 Å². The molecule has 0 radical (unpaired) electrons. The summed E-state index contributed by atoms with van der Waals surface area (Å²) >= 11 is 0. The molecule has 0 heterocycles. The van der Waals surface area contributed by atoms with Gasteiger partial charge in [0.1, 0.15) is 0 Å². The molecule has 1 rings (SSSR count). The third kappa shape index (κ3) is 9.26. The molecule has 70 valence electrons. The van der Waals surface area contributed by atoms with Crippen molar-refractivity contribution in [1.29, 1.82) is 0 Å². The molecule has 0 aromatic heterocycles. The summed E-state index contributed by atoms with van der Waals surface area (Å²) in [5.41, 5.74) is 1.44. The molecule has 0 N–H and O–H groups in total. The number of hydrogen-bond donors (Lipinski definition) is 0. The first-order chi connectivity index (χ1) is 4.79. The molecular weight excluding hydrogens is 304 g/mol. The first kappa shape index (κ1) is 19.5. The largest absolute Gasteiger partial charge is 2.00 e. The zero-order valence-corrected chi connectivity index (χ0v) is 12.7. The van der Waals surface area contributed by atoms with Crippen LogP contribution in [0, 0.1) is 5.92 Å². The molecule has 3 heteroatoms. The van der Waals surface area contributed by atoms with Crippen LogP contribution in [0.25, 0.3) is 0 Å². The van der Waals surface area contributed by atoms with Crippen molar-refractivity contribution < 1.29 is 34.0 Å². The van der Waals surface area contributed by atoms with Gasteiger partial charge >= 0.3 is 23.1 Å². The quantitative estimate of drug-likeness (QED) is 0.497. The van der Waals surface area contributed by atoms with Crippen LogP contribution in [0.15, 0.2) is 30.3 Å². The minimum atomic E-state index is 0. The molecular formula is C10H14Br2Mg. The molecule has 0 nitrogen and oxygen atoms in total. The molecule has 0 aliphatic heterocycles. The molecule has 0 spiro atoms. The van der Waals surface area contributed by atoms with E-state index in [1.165, 1.54) is 12.0 Å². The average molecular weight is 318 g/mol. The predicted molar refractivity (Wildman–Crippen MR) is 50.7 cm³/mol. The predicted octanol–water partition coefficient (Wildman–Crippen LogP) is -3.49. The Bertz CT molecular complexity index is 187. The van der Waals surface area contributed by atoms with E-state index >= 15 is 0 Å². The van der Waals surface area contributed by atoms with Gasteiger partial charge in [0.25, 0.3) is 0 Å². The third-order valence-electron chi connectivity index (χ3n) is 1.49. The van der Waals surface area contributed by atoms with Crippen molar-refractivity contribution in [2.75, 3.05) is 0 Å². The van der Waals surface area contributed by atoms with Crippen molar-refractivity contribution in [3.63, 3.8) is 0 Å². The zero-order valence-electron chi connectivity index (χ0n) is 8.13. The Morgan fingerprint density at radius 1 is 1.00 bits per heavy atom. The fourth-order valence-electron chi connectivity index (χ4n) is 1.09. The number of hydrogen-bond acceptors (Lipinski definition) is 0. The second-order valence-electron chi connectivity index (χ2n) is 3.08. The molecule has 13 heavy (non-hydrogen) atoms. The Labute approximate surface area is 118 Å². The van der Waals surface area contributed by atoms with Gasteiger partial charge in [0.05, 0.1) is 0 Å². The van der Waals surface area contributed by atoms with E-state index in [4.69, 9.17) is 0 Å². The van der Waals surface area contributed by atoms with Crippen LogP contribution in [-0.2, 0) is 6.42 Å². The maximum atomic E-state index is 2.24. The van der Waals surface area contributed by atoms with Crippen LogP contribution in [-0.4, -0.2) is 23.1 Å². The van der Waals surface area contributed by atoms with Crippen molar-refractivity contribution in [2.45, 2.75) is 20.3 Å². The van der Waals surface area contributed by atoms with Crippen LogP contribution in [0.2, 0.25) is 0 Å². The molecule has 0 bridgehead atoms. The first-order valence-electron chi connectivity index (χ1n) is 3.83. The maximum absolute atomic E-state index is 2.24. The second kappa shape index (κ2) is 11.0. The van der Waals surface area contributed by atoms with Crippen LogP contribution in [0.3, 0.4) is 0 Å². The Balaban J connectivity index is -0.000000333. The Morgan fingerprint density at radius 3 is 1.85 bits per heavy atom. The summed E-state index contributed by atoms with van der Waals surface area (Å²) in [6.07, 6.45) is 1.20. The fraction of sp³-hybridized carbons (Fsp3) is 0.400. The monoisotopic (exact) mass is 316 g/mol. The molecule has 0 amide bonds. The van der Waals surface area contributed by atoms with E-state index in [9.17, 15) is 0 Å². The van der Waals surface area contributed by atoms with Gasteiger partial charge in [-0.3, -0.25) is 0 Å². The summed E-state index contributed by atoms with van der Waals surface area (Å²) in [5.74, 6) is 0.766. The van der Waals surface area contributed by atoms with Crippen LogP contribution in [0.5, 0.6) is 0 Å². The van der Waals surface area contributed by atoms with E-state index in [2.05, 4.69) is 44.2 Å². The summed E-state index contributed by atoms with van der Waals surface area (Å²) in [4.78, 5) is 0. The molecule has 0 unspecified atom stereocenters. The number of benzene rings is 1. The van der Waals surface area contributed by atoms with Gasteiger partial charge in [0.15, 0.2) is 0 Å². The van der Waals surface area contributed by atoms with E-state index in [1.807, 2.05) is 0 Å². The molecule has 0 saturated heterocycles. The normalized spacial score (nSPS) is 7.92.